The predicted molar refractivity (Wildman–Crippen MR) is 69.0 cm³/mol. The van der Waals surface area contributed by atoms with Gasteiger partial charge in [-0.05, 0) is 19.3 Å². The third kappa shape index (κ3) is 6.03. The molecule has 17 heavy (non-hydrogen) atoms. The van der Waals surface area contributed by atoms with Crippen LogP contribution in [0, 0.1) is 0 Å². The van der Waals surface area contributed by atoms with Crippen LogP contribution >= 0.6 is 0 Å². The Morgan fingerprint density at radius 3 is 3.00 bits per heavy atom. The lowest BCUT2D eigenvalue weighted by atomic mass is 10.2. The Hall–Kier alpha value is -0.610. The molecule has 1 unspecified atom stereocenters. The van der Waals surface area contributed by atoms with E-state index >= 15 is 0 Å². The van der Waals surface area contributed by atoms with Gasteiger partial charge < -0.3 is 15.0 Å². The van der Waals surface area contributed by atoms with Crippen LogP contribution in [0.3, 0.4) is 0 Å². The van der Waals surface area contributed by atoms with Gasteiger partial charge in [0.2, 0.25) is 5.91 Å². The van der Waals surface area contributed by atoms with E-state index in [1.165, 1.54) is 6.42 Å². The van der Waals surface area contributed by atoms with Gasteiger partial charge in [0.25, 0.3) is 0 Å². The van der Waals surface area contributed by atoms with Crippen LogP contribution in [0.15, 0.2) is 0 Å². The molecule has 0 radical (unpaired) electrons. The van der Waals surface area contributed by atoms with E-state index in [2.05, 4.69) is 12.2 Å². The fraction of sp³-hybridized carbons (Fsp3) is 0.923. The lowest BCUT2D eigenvalue weighted by molar-refractivity contribution is -0.129. The lowest BCUT2D eigenvalue weighted by Crippen LogP contribution is -2.33. The van der Waals surface area contributed by atoms with E-state index in [9.17, 15) is 4.79 Å². The van der Waals surface area contributed by atoms with Crippen molar-refractivity contribution in [1.29, 1.82) is 0 Å². The largest absolute Gasteiger partial charge is 0.377 e. The smallest absolute Gasteiger partial charge is 0.223 e. The van der Waals surface area contributed by atoms with Crippen LogP contribution in [0.25, 0.3) is 0 Å². The summed E-state index contributed by atoms with van der Waals surface area (Å²) in [7, 11) is 1.89. The van der Waals surface area contributed by atoms with Crippen molar-refractivity contribution in [2.45, 2.75) is 45.1 Å². The standard InChI is InChI=1S/C13H26N2O2/c1-3-4-9-15(2)13(16)7-8-14-11-12-6-5-10-17-12/h12,14H,3-11H2,1-2H3. The van der Waals surface area contributed by atoms with Crippen molar-refractivity contribution in [2.75, 3.05) is 33.3 Å². The number of hydrogen-bond donors (Lipinski definition) is 1. The molecule has 1 aliphatic rings. The molecule has 1 amide bonds. The van der Waals surface area contributed by atoms with Crippen molar-refractivity contribution in [3.05, 3.63) is 0 Å². The first-order valence-electron chi connectivity index (χ1n) is 6.80. The highest BCUT2D eigenvalue weighted by Crippen LogP contribution is 2.10. The van der Waals surface area contributed by atoms with Crippen molar-refractivity contribution in [2.24, 2.45) is 0 Å². The van der Waals surface area contributed by atoms with E-state index in [1.54, 1.807) is 0 Å². The third-order valence-electron chi connectivity index (χ3n) is 3.18. The summed E-state index contributed by atoms with van der Waals surface area (Å²) in [5.41, 5.74) is 0. The molecule has 0 bridgehead atoms. The maximum absolute atomic E-state index is 11.7. The molecule has 1 fully saturated rings. The maximum atomic E-state index is 11.7. The first-order valence-corrected chi connectivity index (χ1v) is 6.80. The number of amides is 1. The van der Waals surface area contributed by atoms with Gasteiger partial charge in [-0.3, -0.25) is 4.79 Å². The molecule has 1 N–H and O–H groups in total. The second-order valence-electron chi connectivity index (χ2n) is 4.76. The number of nitrogens with one attached hydrogen (secondary N) is 1. The topological polar surface area (TPSA) is 41.6 Å². The molecular weight excluding hydrogens is 216 g/mol. The van der Waals surface area contributed by atoms with Gasteiger partial charge in [-0.25, -0.2) is 0 Å². The fourth-order valence-corrected chi connectivity index (χ4v) is 1.97. The molecule has 4 heteroatoms. The summed E-state index contributed by atoms with van der Waals surface area (Å²) in [5.74, 6) is 0.235. The minimum absolute atomic E-state index is 0.235. The van der Waals surface area contributed by atoms with Crippen LogP contribution in [-0.4, -0.2) is 50.2 Å². The number of rotatable bonds is 8. The van der Waals surface area contributed by atoms with Gasteiger partial charge in [0.1, 0.15) is 0 Å². The van der Waals surface area contributed by atoms with Crippen LogP contribution in [0.2, 0.25) is 0 Å². The molecule has 4 nitrogen and oxygen atoms in total. The zero-order valence-electron chi connectivity index (χ0n) is 11.2. The van der Waals surface area contributed by atoms with Gasteiger partial charge in [0.05, 0.1) is 6.10 Å². The highest BCUT2D eigenvalue weighted by atomic mass is 16.5. The summed E-state index contributed by atoms with van der Waals surface area (Å²) in [6.45, 7) is 5.55. The lowest BCUT2D eigenvalue weighted by Gasteiger charge is -2.17. The number of hydrogen-bond acceptors (Lipinski definition) is 3. The highest BCUT2D eigenvalue weighted by molar-refractivity contribution is 5.75. The molecule has 1 atom stereocenters. The number of carbonyl (C=O) groups excluding carboxylic acids is 1. The van der Waals surface area contributed by atoms with Crippen LogP contribution in [0.1, 0.15) is 39.0 Å². The van der Waals surface area contributed by atoms with Gasteiger partial charge >= 0.3 is 0 Å². The van der Waals surface area contributed by atoms with E-state index in [1.807, 2.05) is 11.9 Å². The number of unbranched alkanes of at least 4 members (excludes halogenated alkanes) is 1. The molecule has 0 aliphatic carbocycles. The minimum Gasteiger partial charge on any atom is -0.377 e. The SMILES string of the molecule is CCCCN(C)C(=O)CCNCC1CCCO1. The van der Waals surface area contributed by atoms with Gasteiger partial charge in [0.15, 0.2) is 0 Å². The van der Waals surface area contributed by atoms with Gasteiger partial charge in [0, 0.05) is 39.7 Å². The Labute approximate surface area is 105 Å². The van der Waals surface area contributed by atoms with Crippen molar-refractivity contribution in [3.8, 4) is 0 Å². The molecule has 1 aliphatic heterocycles. The molecule has 1 heterocycles. The second-order valence-corrected chi connectivity index (χ2v) is 4.76. The average molecular weight is 242 g/mol. The molecule has 100 valence electrons. The van der Waals surface area contributed by atoms with Crippen LogP contribution in [-0.2, 0) is 9.53 Å². The third-order valence-corrected chi connectivity index (χ3v) is 3.18. The van der Waals surface area contributed by atoms with Crippen molar-refractivity contribution in [3.63, 3.8) is 0 Å². The summed E-state index contributed by atoms with van der Waals surface area (Å²) in [6, 6.07) is 0. The maximum Gasteiger partial charge on any atom is 0.223 e. The Kier molecular flexibility index (Phi) is 7.21. The van der Waals surface area contributed by atoms with Gasteiger partial charge in [-0.2, -0.15) is 0 Å². The fourth-order valence-electron chi connectivity index (χ4n) is 1.97. The summed E-state index contributed by atoms with van der Waals surface area (Å²) in [6.07, 6.45) is 5.50. The molecule has 1 rings (SSSR count). The quantitative estimate of drug-likeness (QED) is 0.654. The Morgan fingerprint density at radius 2 is 2.35 bits per heavy atom. The van der Waals surface area contributed by atoms with Gasteiger partial charge in [-0.15, -0.1) is 0 Å². The molecule has 0 saturated carbocycles. The molecule has 0 aromatic heterocycles. The minimum atomic E-state index is 0.235. The zero-order chi connectivity index (χ0) is 12.5. The van der Waals surface area contributed by atoms with E-state index in [-0.39, 0.29) is 5.91 Å². The van der Waals surface area contributed by atoms with Gasteiger partial charge in [-0.1, -0.05) is 13.3 Å². The van der Waals surface area contributed by atoms with Crippen LogP contribution in [0.4, 0.5) is 0 Å². The van der Waals surface area contributed by atoms with E-state index in [0.717, 1.165) is 45.5 Å². The summed E-state index contributed by atoms with van der Waals surface area (Å²) < 4.78 is 5.50. The van der Waals surface area contributed by atoms with Crippen molar-refractivity contribution < 1.29 is 9.53 Å². The molecule has 0 aromatic carbocycles. The number of nitrogens with zero attached hydrogens (tertiary/aromatic N) is 1. The second kappa shape index (κ2) is 8.48. The number of ether oxygens (including phenoxy) is 1. The summed E-state index contributed by atoms with van der Waals surface area (Å²) in [5, 5.41) is 3.30. The van der Waals surface area contributed by atoms with Crippen molar-refractivity contribution >= 4 is 5.91 Å². The molecule has 1 saturated heterocycles. The first-order chi connectivity index (χ1) is 8.24. The number of carbonyl (C=O) groups is 1. The highest BCUT2D eigenvalue weighted by Gasteiger charge is 2.14. The Bertz CT molecular complexity index is 215. The van der Waals surface area contributed by atoms with E-state index < -0.39 is 0 Å². The summed E-state index contributed by atoms with van der Waals surface area (Å²) in [4.78, 5) is 13.5. The average Bonchev–Trinajstić information content (AvgIpc) is 2.84. The van der Waals surface area contributed by atoms with E-state index in [4.69, 9.17) is 4.74 Å². The zero-order valence-corrected chi connectivity index (χ0v) is 11.2. The summed E-state index contributed by atoms with van der Waals surface area (Å²) >= 11 is 0. The first kappa shape index (κ1) is 14.5. The van der Waals surface area contributed by atoms with Crippen LogP contribution in [0.5, 0.6) is 0 Å². The van der Waals surface area contributed by atoms with E-state index in [0.29, 0.717) is 12.5 Å². The molecule has 0 aromatic rings. The molecular formula is C13H26N2O2. The predicted octanol–water partition coefficient (Wildman–Crippen LogP) is 1.40. The Balaban J connectivity index is 1.98. The Morgan fingerprint density at radius 1 is 1.53 bits per heavy atom. The normalized spacial score (nSPS) is 19.5. The van der Waals surface area contributed by atoms with Crippen LogP contribution < -0.4 is 5.32 Å². The monoisotopic (exact) mass is 242 g/mol. The molecule has 0 spiro atoms. The van der Waals surface area contributed by atoms with Crippen molar-refractivity contribution in [1.82, 2.24) is 10.2 Å².